The molecule has 0 atom stereocenters. The average Bonchev–Trinajstić information content (AvgIpc) is 2.70. The molecule has 29 heavy (non-hydrogen) atoms. The number of nitro groups is 1. The van der Waals surface area contributed by atoms with Crippen LogP contribution in [0.1, 0.15) is 11.1 Å². The molecule has 0 bridgehead atoms. The number of nitro benzene ring substituents is 1. The third-order valence-electron chi connectivity index (χ3n) is 4.82. The molecule has 1 heterocycles. The van der Waals surface area contributed by atoms with E-state index in [1.54, 1.807) is 25.1 Å². The summed E-state index contributed by atoms with van der Waals surface area (Å²) in [6, 6.07) is 11.4. The van der Waals surface area contributed by atoms with Crippen LogP contribution in [-0.2, 0) is 10.0 Å². The molecule has 2 aromatic rings. The first-order chi connectivity index (χ1) is 13.7. The van der Waals surface area contributed by atoms with Gasteiger partial charge in [-0.25, -0.2) is 8.42 Å². The molecule has 3 rings (SSSR count). The highest BCUT2D eigenvalue weighted by molar-refractivity contribution is 7.89. The second-order valence-corrected chi connectivity index (χ2v) is 9.19. The molecule has 1 fully saturated rings. The number of non-ortho nitro benzene ring substituents is 1. The Bertz CT molecular complexity index is 1030. The largest absolute Gasteiger partial charge is 0.346 e. The summed E-state index contributed by atoms with van der Waals surface area (Å²) in [6.07, 6.45) is 0. The van der Waals surface area contributed by atoms with Gasteiger partial charge in [0.1, 0.15) is 0 Å². The zero-order chi connectivity index (χ0) is 21.2. The van der Waals surface area contributed by atoms with Gasteiger partial charge in [-0.15, -0.1) is 0 Å². The van der Waals surface area contributed by atoms with Crippen LogP contribution >= 0.6 is 12.2 Å². The number of nitrogens with one attached hydrogen (secondary N) is 1. The summed E-state index contributed by atoms with van der Waals surface area (Å²) >= 11 is 5.42. The summed E-state index contributed by atoms with van der Waals surface area (Å²) in [4.78, 5) is 12.5. The molecule has 0 radical (unpaired) electrons. The fraction of sp³-hybridized carbons (Fsp3) is 0.316. The minimum Gasteiger partial charge on any atom is -0.346 e. The van der Waals surface area contributed by atoms with Crippen molar-refractivity contribution in [2.24, 2.45) is 0 Å². The van der Waals surface area contributed by atoms with E-state index in [4.69, 9.17) is 12.2 Å². The monoisotopic (exact) mass is 434 g/mol. The summed E-state index contributed by atoms with van der Waals surface area (Å²) in [5.74, 6) is 0. The first-order valence-corrected chi connectivity index (χ1v) is 10.9. The van der Waals surface area contributed by atoms with Gasteiger partial charge in [-0.3, -0.25) is 10.1 Å². The zero-order valence-electron chi connectivity index (χ0n) is 16.2. The number of anilines is 1. The van der Waals surface area contributed by atoms with Crippen molar-refractivity contribution in [3.05, 3.63) is 63.7 Å². The molecular formula is C19H22N4O4S2. The molecule has 2 aromatic carbocycles. The number of benzene rings is 2. The topological polar surface area (TPSA) is 95.8 Å². The molecule has 0 aromatic heterocycles. The predicted molar refractivity (Wildman–Crippen MR) is 116 cm³/mol. The van der Waals surface area contributed by atoms with Crippen LogP contribution in [0.25, 0.3) is 0 Å². The van der Waals surface area contributed by atoms with E-state index in [0.29, 0.717) is 41.9 Å². The van der Waals surface area contributed by atoms with E-state index in [2.05, 4.69) is 5.32 Å². The van der Waals surface area contributed by atoms with Crippen molar-refractivity contribution < 1.29 is 13.3 Å². The van der Waals surface area contributed by atoms with E-state index in [9.17, 15) is 18.5 Å². The van der Waals surface area contributed by atoms with Crippen molar-refractivity contribution in [2.75, 3.05) is 31.5 Å². The van der Waals surface area contributed by atoms with Crippen molar-refractivity contribution in [3.63, 3.8) is 0 Å². The summed E-state index contributed by atoms with van der Waals surface area (Å²) in [5, 5.41) is 14.2. The molecule has 0 saturated carbocycles. The Hall–Kier alpha value is -2.56. The highest BCUT2D eigenvalue weighted by atomic mass is 32.2. The minimum atomic E-state index is -3.56. The second kappa shape index (κ2) is 8.44. The highest BCUT2D eigenvalue weighted by Gasteiger charge is 2.30. The number of hydrogen-bond donors (Lipinski definition) is 1. The third-order valence-corrected chi connectivity index (χ3v) is 7.22. The molecule has 1 aliphatic rings. The number of rotatable bonds is 4. The molecule has 1 aliphatic heterocycles. The van der Waals surface area contributed by atoms with Gasteiger partial charge in [0, 0.05) is 44.0 Å². The highest BCUT2D eigenvalue weighted by Crippen LogP contribution is 2.23. The Morgan fingerprint density at radius 3 is 2.28 bits per heavy atom. The molecule has 0 aliphatic carbocycles. The van der Waals surface area contributed by atoms with Gasteiger partial charge in [-0.2, -0.15) is 4.31 Å². The van der Waals surface area contributed by atoms with Crippen LogP contribution in [0, 0.1) is 24.0 Å². The maximum atomic E-state index is 13.0. The van der Waals surface area contributed by atoms with Crippen molar-refractivity contribution in [3.8, 4) is 0 Å². The number of nitrogens with zero attached hydrogens (tertiary/aromatic N) is 3. The molecule has 154 valence electrons. The lowest BCUT2D eigenvalue weighted by molar-refractivity contribution is -0.384. The maximum absolute atomic E-state index is 13.0. The molecule has 10 heteroatoms. The van der Waals surface area contributed by atoms with Crippen LogP contribution in [0.2, 0.25) is 0 Å². The third kappa shape index (κ3) is 4.72. The quantitative estimate of drug-likeness (QED) is 0.449. The summed E-state index contributed by atoms with van der Waals surface area (Å²) < 4.78 is 27.5. The normalized spacial score (nSPS) is 15.2. The summed E-state index contributed by atoms with van der Waals surface area (Å²) in [5.41, 5.74) is 2.28. The molecule has 0 spiro atoms. The lowest BCUT2D eigenvalue weighted by Crippen LogP contribution is -2.51. The van der Waals surface area contributed by atoms with Gasteiger partial charge in [-0.1, -0.05) is 12.1 Å². The van der Waals surface area contributed by atoms with E-state index in [1.807, 2.05) is 24.0 Å². The zero-order valence-corrected chi connectivity index (χ0v) is 17.8. The Morgan fingerprint density at radius 2 is 1.69 bits per heavy atom. The number of sulfonamides is 1. The SMILES string of the molecule is Cc1ccc(C)c(S(=O)(=O)N2CCN(C(=S)Nc3ccc([N+](=O)[O-])cc3)CC2)c1. The number of piperazine rings is 1. The lowest BCUT2D eigenvalue weighted by atomic mass is 10.2. The average molecular weight is 435 g/mol. The van der Waals surface area contributed by atoms with Gasteiger partial charge in [0.15, 0.2) is 5.11 Å². The van der Waals surface area contributed by atoms with Crippen LogP contribution in [0.5, 0.6) is 0 Å². The van der Waals surface area contributed by atoms with Crippen LogP contribution in [0.3, 0.4) is 0 Å². The molecule has 0 unspecified atom stereocenters. The van der Waals surface area contributed by atoms with Crippen LogP contribution in [0.4, 0.5) is 11.4 Å². The summed E-state index contributed by atoms with van der Waals surface area (Å²) in [7, 11) is -3.56. The van der Waals surface area contributed by atoms with Gasteiger partial charge < -0.3 is 10.2 Å². The van der Waals surface area contributed by atoms with Crippen molar-refractivity contribution >= 4 is 38.7 Å². The maximum Gasteiger partial charge on any atom is 0.269 e. The van der Waals surface area contributed by atoms with Gasteiger partial charge in [0.25, 0.3) is 5.69 Å². The lowest BCUT2D eigenvalue weighted by Gasteiger charge is -2.35. The smallest absolute Gasteiger partial charge is 0.269 e. The first kappa shape index (κ1) is 21.2. The van der Waals surface area contributed by atoms with E-state index < -0.39 is 14.9 Å². The Kier molecular flexibility index (Phi) is 6.15. The Morgan fingerprint density at radius 1 is 1.07 bits per heavy atom. The van der Waals surface area contributed by atoms with Gasteiger partial charge >= 0.3 is 0 Å². The molecule has 0 amide bonds. The van der Waals surface area contributed by atoms with Crippen LogP contribution < -0.4 is 5.32 Å². The van der Waals surface area contributed by atoms with E-state index >= 15 is 0 Å². The van der Waals surface area contributed by atoms with E-state index in [-0.39, 0.29) is 5.69 Å². The number of hydrogen-bond acceptors (Lipinski definition) is 5. The molecular weight excluding hydrogens is 412 g/mol. The minimum absolute atomic E-state index is 0.00623. The number of thiocarbonyl (C=S) groups is 1. The van der Waals surface area contributed by atoms with Crippen LogP contribution in [-0.4, -0.2) is 53.8 Å². The summed E-state index contributed by atoms with van der Waals surface area (Å²) in [6.45, 7) is 5.26. The Balaban J connectivity index is 1.63. The van der Waals surface area contributed by atoms with Crippen molar-refractivity contribution in [2.45, 2.75) is 18.7 Å². The van der Waals surface area contributed by atoms with Crippen molar-refractivity contribution in [1.29, 1.82) is 0 Å². The van der Waals surface area contributed by atoms with Crippen LogP contribution in [0.15, 0.2) is 47.4 Å². The number of aryl methyl sites for hydroxylation is 2. The van der Waals surface area contributed by atoms with Crippen molar-refractivity contribution in [1.82, 2.24) is 9.21 Å². The molecule has 1 N–H and O–H groups in total. The fourth-order valence-electron chi connectivity index (χ4n) is 3.12. The van der Waals surface area contributed by atoms with E-state index in [0.717, 1.165) is 11.1 Å². The molecule has 1 saturated heterocycles. The Labute approximate surface area is 175 Å². The first-order valence-electron chi connectivity index (χ1n) is 9.06. The van der Waals surface area contributed by atoms with Gasteiger partial charge in [-0.05, 0) is 55.4 Å². The predicted octanol–water partition coefficient (Wildman–Crippen LogP) is 2.91. The van der Waals surface area contributed by atoms with Gasteiger partial charge in [0.05, 0.1) is 9.82 Å². The standard InChI is InChI=1S/C19H22N4O4S2/c1-14-3-4-15(2)18(13-14)29(26,27)22-11-9-21(10-12-22)19(28)20-16-5-7-17(8-6-16)23(24)25/h3-8,13H,9-12H2,1-2H3,(H,20,28). The fourth-order valence-corrected chi connectivity index (χ4v) is 5.16. The molecule has 8 nitrogen and oxygen atoms in total. The van der Waals surface area contributed by atoms with Gasteiger partial charge in [0.2, 0.25) is 10.0 Å². The second-order valence-electron chi connectivity index (χ2n) is 6.89. The van der Waals surface area contributed by atoms with E-state index in [1.165, 1.54) is 16.4 Å².